The molecule has 2 fully saturated rings. The predicted molar refractivity (Wildman–Crippen MR) is 103 cm³/mol. The van der Waals surface area contributed by atoms with Crippen molar-refractivity contribution in [1.29, 1.82) is 0 Å². The van der Waals surface area contributed by atoms with Crippen molar-refractivity contribution >= 4 is 10.9 Å². The van der Waals surface area contributed by atoms with Crippen LogP contribution in [0.2, 0.25) is 0 Å². The fraction of sp³-hybridized carbons (Fsp3) is 0.429. The van der Waals surface area contributed by atoms with E-state index in [1.807, 2.05) is 36.7 Å². The molecule has 2 aliphatic rings. The van der Waals surface area contributed by atoms with Gasteiger partial charge in [0.1, 0.15) is 11.6 Å². The maximum atomic E-state index is 12.4. The number of aromatic amines is 1. The van der Waals surface area contributed by atoms with E-state index in [1.165, 1.54) is 19.3 Å². The molecule has 1 unspecified atom stereocenters. The summed E-state index contributed by atoms with van der Waals surface area (Å²) in [5, 5.41) is 0.644. The molecule has 3 aromatic rings. The van der Waals surface area contributed by atoms with Gasteiger partial charge >= 0.3 is 0 Å². The molecular weight excluding hydrogens is 338 g/mol. The Morgan fingerprint density at radius 2 is 1.89 bits per heavy atom. The van der Waals surface area contributed by atoms with Gasteiger partial charge < -0.3 is 4.98 Å². The van der Waals surface area contributed by atoms with Crippen LogP contribution in [0.15, 0.2) is 41.5 Å². The van der Waals surface area contributed by atoms with Crippen LogP contribution >= 0.6 is 0 Å². The Hall–Kier alpha value is -2.60. The van der Waals surface area contributed by atoms with Crippen molar-refractivity contribution in [3.63, 3.8) is 0 Å². The number of aromatic nitrogens is 4. The molecule has 1 saturated heterocycles. The zero-order chi connectivity index (χ0) is 18.2. The van der Waals surface area contributed by atoms with E-state index in [-0.39, 0.29) is 11.6 Å². The summed E-state index contributed by atoms with van der Waals surface area (Å²) in [6.07, 6.45) is 9.76. The first-order chi connectivity index (χ1) is 13.3. The molecule has 1 saturated carbocycles. The first-order valence-electron chi connectivity index (χ1n) is 9.82. The lowest BCUT2D eigenvalue weighted by molar-refractivity contribution is 0.239. The Morgan fingerprint density at radius 1 is 1.07 bits per heavy atom. The molecule has 27 heavy (non-hydrogen) atoms. The minimum absolute atomic E-state index is 0.0596. The molecule has 5 rings (SSSR count). The topological polar surface area (TPSA) is 74.8 Å². The largest absolute Gasteiger partial charge is 0.309 e. The minimum Gasteiger partial charge on any atom is -0.309 e. The van der Waals surface area contributed by atoms with Crippen molar-refractivity contribution in [2.45, 2.75) is 50.6 Å². The van der Waals surface area contributed by atoms with Crippen LogP contribution in [0.5, 0.6) is 0 Å². The Labute approximate surface area is 157 Å². The number of para-hydroxylation sites is 1. The van der Waals surface area contributed by atoms with Crippen LogP contribution in [0.4, 0.5) is 0 Å². The number of benzene rings is 1. The molecule has 1 aliphatic heterocycles. The van der Waals surface area contributed by atoms with Crippen molar-refractivity contribution < 1.29 is 0 Å². The van der Waals surface area contributed by atoms with E-state index in [2.05, 4.69) is 19.9 Å². The van der Waals surface area contributed by atoms with Crippen molar-refractivity contribution in [2.24, 2.45) is 0 Å². The number of fused-ring (bicyclic) bond motifs is 1. The van der Waals surface area contributed by atoms with Crippen LogP contribution in [0.25, 0.3) is 10.9 Å². The summed E-state index contributed by atoms with van der Waals surface area (Å²) >= 11 is 0. The summed E-state index contributed by atoms with van der Waals surface area (Å²) in [7, 11) is 0. The number of likely N-dealkylation sites (tertiary alicyclic amines) is 1. The molecule has 0 amide bonds. The molecule has 1 N–H and O–H groups in total. The minimum atomic E-state index is -0.0596. The highest BCUT2D eigenvalue weighted by atomic mass is 16.1. The lowest BCUT2D eigenvalue weighted by Crippen LogP contribution is -2.26. The fourth-order valence-electron chi connectivity index (χ4n) is 4.15. The van der Waals surface area contributed by atoms with E-state index in [0.29, 0.717) is 11.3 Å². The molecule has 6 nitrogen and oxygen atoms in total. The van der Waals surface area contributed by atoms with Crippen LogP contribution in [0.3, 0.4) is 0 Å². The van der Waals surface area contributed by atoms with Gasteiger partial charge in [0, 0.05) is 30.4 Å². The van der Waals surface area contributed by atoms with Crippen LogP contribution in [0.1, 0.15) is 61.3 Å². The summed E-state index contributed by atoms with van der Waals surface area (Å²) in [6.45, 7) is 1.78. The van der Waals surface area contributed by atoms with Crippen molar-refractivity contribution in [3.05, 3.63) is 64.2 Å². The zero-order valence-corrected chi connectivity index (χ0v) is 15.3. The lowest BCUT2D eigenvalue weighted by atomic mass is 9.85. The Balaban J connectivity index is 1.38. The molecule has 0 radical (unpaired) electrons. The van der Waals surface area contributed by atoms with Gasteiger partial charge in [-0.1, -0.05) is 18.6 Å². The number of nitrogens with one attached hydrogen (secondary N) is 1. The first kappa shape index (κ1) is 16.6. The van der Waals surface area contributed by atoms with E-state index in [4.69, 9.17) is 4.98 Å². The summed E-state index contributed by atoms with van der Waals surface area (Å²) < 4.78 is 0. The van der Waals surface area contributed by atoms with E-state index in [9.17, 15) is 4.79 Å². The van der Waals surface area contributed by atoms with Gasteiger partial charge in [-0.2, -0.15) is 0 Å². The van der Waals surface area contributed by atoms with Gasteiger partial charge in [-0.15, -0.1) is 0 Å². The second-order valence-electron chi connectivity index (χ2n) is 7.67. The second kappa shape index (κ2) is 6.85. The number of hydrogen-bond acceptors (Lipinski definition) is 5. The van der Waals surface area contributed by atoms with Gasteiger partial charge in [0.2, 0.25) is 0 Å². The molecule has 0 spiro atoms. The molecule has 1 aliphatic carbocycles. The zero-order valence-electron chi connectivity index (χ0n) is 15.3. The third-order valence-electron chi connectivity index (χ3n) is 5.89. The average molecular weight is 361 g/mol. The number of nitrogens with zero attached hydrogens (tertiary/aromatic N) is 4. The summed E-state index contributed by atoms with van der Waals surface area (Å²) in [5.41, 5.74) is 1.82. The fourth-order valence-corrected chi connectivity index (χ4v) is 4.15. The van der Waals surface area contributed by atoms with Crippen LogP contribution in [-0.2, 0) is 6.54 Å². The van der Waals surface area contributed by atoms with Crippen LogP contribution in [0, 0.1) is 0 Å². The van der Waals surface area contributed by atoms with Gasteiger partial charge in [0.15, 0.2) is 0 Å². The Bertz CT molecular complexity index is 1010. The molecule has 1 atom stereocenters. The summed E-state index contributed by atoms with van der Waals surface area (Å²) in [5.74, 6) is 2.32. The number of hydrogen-bond donors (Lipinski definition) is 1. The molecule has 0 bridgehead atoms. The van der Waals surface area contributed by atoms with E-state index >= 15 is 0 Å². The standard InChI is InChI=1S/C21H23N5O/c27-21-16-7-1-2-8-17(16)24-20(25-21)18-9-4-10-26(18)13-14-11-22-19(23-12-14)15-5-3-6-15/h1-2,7-8,11-12,15,18H,3-6,9-10,13H2,(H,24,25,27). The first-order valence-corrected chi connectivity index (χ1v) is 9.82. The van der Waals surface area contributed by atoms with E-state index < -0.39 is 0 Å². The molecule has 2 aromatic heterocycles. The van der Waals surface area contributed by atoms with Gasteiger partial charge in [-0.25, -0.2) is 15.0 Å². The van der Waals surface area contributed by atoms with E-state index in [1.54, 1.807) is 0 Å². The molecule has 138 valence electrons. The maximum absolute atomic E-state index is 12.4. The normalized spacial score (nSPS) is 20.8. The Morgan fingerprint density at radius 3 is 2.67 bits per heavy atom. The van der Waals surface area contributed by atoms with E-state index in [0.717, 1.165) is 48.7 Å². The van der Waals surface area contributed by atoms with Gasteiger partial charge in [-0.3, -0.25) is 9.69 Å². The third-order valence-corrected chi connectivity index (χ3v) is 5.89. The highest BCUT2D eigenvalue weighted by Crippen LogP contribution is 2.34. The van der Waals surface area contributed by atoms with Crippen molar-refractivity contribution in [3.8, 4) is 0 Å². The van der Waals surface area contributed by atoms with Crippen molar-refractivity contribution in [1.82, 2.24) is 24.8 Å². The molecular formula is C21H23N5O. The quantitative estimate of drug-likeness (QED) is 0.772. The van der Waals surface area contributed by atoms with Gasteiger partial charge in [0.25, 0.3) is 5.56 Å². The van der Waals surface area contributed by atoms with Crippen molar-refractivity contribution in [2.75, 3.05) is 6.54 Å². The van der Waals surface area contributed by atoms with Crippen LogP contribution in [-0.4, -0.2) is 31.4 Å². The lowest BCUT2D eigenvalue weighted by Gasteiger charge is -2.25. The maximum Gasteiger partial charge on any atom is 0.258 e. The number of H-pyrrole nitrogens is 1. The van der Waals surface area contributed by atoms with Crippen LogP contribution < -0.4 is 5.56 Å². The van der Waals surface area contributed by atoms with Gasteiger partial charge in [-0.05, 0) is 44.4 Å². The SMILES string of the molecule is O=c1[nH]c(C2CCCN2Cc2cnc(C3CCC3)nc2)nc2ccccc12. The Kier molecular flexibility index (Phi) is 4.20. The smallest absolute Gasteiger partial charge is 0.258 e. The summed E-state index contributed by atoms with van der Waals surface area (Å²) in [6, 6.07) is 7.65. The highest BCUT2D eigenvalue weighted by molar-refractivity contribution is 5.77. The average Bonchev–Trinajstić information content (AvgIpc) is 3.10. The monoisotopic (exact) mass is 361 g/mol. The number of rotatable bonds is 4. The predicted octanol–water partition coefficient (Wildman–Crippen LogP) is 3.32. The third kappa shape index (κ3) is 3.14. The highest BCUT2D eigenvalue weighted by Gasteiger charge is 2.29. The summed E-state index contributed by atoms with van der Waals surface area (Å²) in [4.78, 5) is 31.7. The molecule has 3 heterocycles. The second-order valence-corrected chi connectivity index (χ2v) is 7.67. The molecule has 1 aromatic carbocycles. The molecule has 6 heteroatoms. The van der Waals surface area contributed by atoms with Gasteiger partial charge in [0.05, 0.1) is 16.9 Å².